The fraction of sp³-hybridized carbons (Fsp3) is 0.500. The van der Waals surface area contributed by atoms with E-state index in [2.05, 4.69) is 21.2 Å². The van der Waals surface area contributed by atoms with Crippen molar-refractivity contribution in [2.75, 3.05) is 6.54 Å². The Hall–Kier alpha value is -0.920. The first-order chi connectivity index (χ1) is 8.99. The molecule has 1 saturated heterocycles. The normalized spacial score (nSPS) is 22.4. The van der Waals surface area contributed by atoms with Crippen molar-refractivity contribution >= 4 is 39.1 Å². The average Bonchev–Trinajstić information content (AvgIpc) is 2.95. The molecule has 2 rings (SSSR count). The monoisotopic (exact) mass is 346 g/mol. The third kappa shape index (κ3) is 3.34. The predicted molar refractivity (Wildman–Crippen MR) is 76.2 cm³/mol. The van der Waals surface area contributed by atoms with Crippen LogP contribution in [0.2, 0.25) is 0 Å². The molecule has 0 radical (unpaired) electrons. The molecule has 3 N–H and O–H groups in total. The van der Waals surface area contributed by atoms with Gasteiger partial charge in [0.25, 0.3) is 5.91 Å². The lowest BCUT2D eigenvalue weighted by molar-refractivity contribution is -0.128. The number of aryl methyl sites for hydroxylation is 1. The minimum Gasteiger partial charge on any atom is -0.367 e. The molecule has 7 heteroatoms. The molecule has 19 heavy (non-hydrogen) atoms. The largest absolute Gasteiger partial charge is 0.367 e. The number of primary amides is 1. The topological polar surface area (TPSA) is 81.4 Å². The highest BCUT2D eigenvalue weighted by Gasteiger charge is 2.29. The molecular weight excluding hydrogens is 332 g/mol. The Balaban J connectivity index is 1.85. The number of thiophene rings is 1. The molecule has 1 aromatic rings. The van der Waals surface area contributed by atoms with Crippen molar-refractivity contribution in [1.82, 2.24) is 5.32 Å². The van der Waals surface area contributed by atoms with E-state index in [0.29, 0.717) is 17.8 Å². The average molecular weight is 347 g/mol. The maximum atomic E-state index is 12.0. The fourth-order valence-corrected chi connectivity index (χ4v) is 3.52. The van der Waals surface area contributed by atoms with Crippen molar-refractivity contribution in [3.8, 4) is 0 Å². The Morgan fingerprint density at radius 2 is 2.32 bits per heavy atom. The summed E-state index contributed by atoms with van der Waals surface area (Å²) < 4.78 is 6.28. The van der Waals surface area contributed by atoms with Crippen LogP contribution in [-0.2, 0) is 9.53 Å². The molecule has 104 valence electrons. The van der Waals surface area contributed by atoms with E-state index in [-0.39, 0.29) is 12.0 Å². The van der Waals surface area contributed by atoms with Crippen LogP contribution in [0.15, 0.2) is 9.85 Å². The number of rotatable bonds is 4. The van der Waals surface area contributed by atoms with Crippen molar-refractivity contribution in [3.63, 3.8) is 0 Å². The van der Waals surface area contributed by atoms with Gasteiger partial charge >= 0.3 is 0 Å². The van der Waals surface area contributed by atoms with Crippen LogP contribution in [0.5, 0.6) is 0 Å². The van der Waals surface area contributed by atoms with Gasteiger partial charge in [-0.3, -0.25) is 9.59 Å². The molecule has 0 bridgehead atoms. The van der Waals surface area contributed by atoms with Crippen LogP contribution in [0.1, 0.15) is 28.1 Å². The summed E-state index contributed by atoms with van der Waals surface area (Å²) in [5, 5.41) is 4.74. The fourth-order valence-electron chi connectivity index (χ4n) is 1.94. The number of nitrogens with two attached hydrogens (primary N) is 1. The Bertz CT molecular complexity index is 503. The molecule has 2 amide bonds. The second-order valence-corrected chi connectivity index (χ2v) is 6.17. The molecule has 2 atom stereocenters. The Labute approximate surface area is 123 Å². The van der Waals surface area contributed by atoms with E-state index in [0.717, 1.165) is 16.5 Å². The van der Waals surface area contributed by atoms with E-state index in [1.807, 2.05) is 12.3 Å². The molecule has 1 fully saturated rings. The summed E-state index contributed by atoms with van der Waals surface area (Å²) in [6, 6.07) is 0. The van der Waals surface area contributed by atoms with E-state index < -0.39 is 12.0 Å². The van der Waals surface area contributed by atoms with Crippen LogP contribution in [0, 0.1) is 6.92 Å². The van der Waals surface area contributed by atoms with E-state index in [1.54, 1.807) is 0 Å². The van der Waals surface area contributed by atoms with Crippen LogP contribution in [0.4, 0.5) is 0 Å². The highest BCUT2D eigenvalue weighted by molar-refractivity contribution is 9.10. The van der Waals surface area contributed by atoms with Crippen molar-refractivity contribution < 1.29 is 14.3 Å². The zero-order valence-corrected chi connectivity index (χ0v) is 12.8. The third-order valence-corrected chi connectivity index (χ3v) is 5.40. The lowest BCUT2D eigenvalue weighted by Crippen LogP contribution is -2.34. The van der Waals surface area contributed by atoms with Gasteiger partial charge in [0.1, 0.15) is 11.0 Å². The summed E-state index contributed by atoms with van der Waals surface area (Å²) in [5.41, 5.74) is 6.22. The molecule has 0 aromatic carbocycles. The van der Waals surface area contributed by atoms with Crippen molar-refractivity contribution in [3.05, 3.63) is 20.3 Å². The van der Waals surface area contributed by atoms with Gasteiger partial charge in [-0.05, 0) is 46.6 Å². The number of carbonyl (C=O) groups is 2. The number of carbonyl (C=O) groups excluding carboxylic acids is 2. The quantitative estimate of drug-likeness (QED) is 0.868. The number of hydrogen-bond acceptors (Lipinski definition) is 4. The highest BCUT2D eigenvalue weighted by Crippen LogP contribution is 2.27. The summed E-state index contributed by atoms with van der Waals surface area (Å²) in [5.74, 6) is -0.568. The second kappa shape index (κ2) is 6.02. The number of halogens is 1. The first kappa shape index (κ1) is 14.5. The van der Waals surface area contributed by atoms with Crippen LogP contribution < -0.4 is 11.1 Å². The van der Waals surface area contributed by atoms with Gasteiger partial charge in [0.15, 0.2) is 0 Å². The van der Waals surface area contributed by atoms with Crippen LogP contribution >= 0.6 is 27.3 Å². The van der Waals surface area contributed by atoms with Gasteiger partial charge in [-0.1, -0.05) is 0 Å². The summed E-state index contributed by atoms with van der Waals surface area (Å²) in [6.07, 6.45) is 0.704. The van der Waals surface area contributed by atoms with Gasteiger partial charge in [-0.25, -0.2) is 0 Å². The zero-order chi connectivity index (χ0) is 14.0. The summed E-state index contributed by atoms with van der Waals surface area (Å²) in [7, 11) is 0. The SMILES string of the molecule is Cc1csc(C(=O)NCC2CCC(C(N)=O)O2)c1Br. The molecule has 1 aliphatic rings. The maximum absolute atomic E-state index is 12.0. The van der Waals surface area contributed by atoms with Gasteiger partial charge in [0.05, 0.1) is 6.10 Å². The van der Waals surface area contributed by atoms with Gasteiger partial charge in [-0.2, -0.15) is 0 Å². The van der Waals surface area contributed by atoms with E-state index in [1.165, 1.54) is 11.3 Å². The zero-order valence-electron chi connectivity index (χ0n) is 10.4. The third-order valence-electron chi connectivity index (χ3n) is 3.02. The highest BCUT2D eigenvalue weighted by atomic mass is 79.9. The van der Waals surface area contributed by atoms with E-state index >= 15 is 0 Å². The van der Waals surface area contributed by atoms with Crippen LogP contribution in [0.25, 0.3) is 0 Å². The molecule has 0 spiro atoms. The van der Waals surface area contributed by atoms with Gasteiger partial charge < -0.3 is 15.8 Å². The number of amides is 2. The molecule has 0 aliphatic carbocycles. The van der Waals surface area contributed by atoms with Crippen molar-refractivity contribution in [2.45, 2.75) is 32.0 Å². The first-order valence-corrected chi connectivity index (χ1v) is 7.63. The first-order valence-electron chi connectivity index (χ1n) is 5.95. The molecule has 2 unspecified atom stereocenters. The predicted octanol–water partition coefficient (Wildman–Crippen LogP) is 1.58. The maximum Gasteiger partial charge on any atom is 0.262 e. The minimum absolute atomic E-state index is 0.129. The Morgan fingerprint density at radius 3 is 2.84 bits per heavy atom. The van der Waals surface area contributed by atoms with Gasteiger partial charge in [-0.15, -0.1) is 11.3 Å². The molecule has 2 heterocycles. The smallest absolute Gasteiger partial charge is 0.262 e. The minimum atomic E-state index is -0.516. The molecular formula is C12H15BrN2O3S. The lowest BCUT2D eigenvalue weighted by atomic mass is 10.2. The van der Waals surface area contributed by atoms with Crippen LogP contribution in [-0.4, -0.2) is 30.6 Å². The van der Waals surface area contributed by atoms with E-state index in [9.17, 15) is 9.59 Å². The Kier molecular flexibility index (Phi) is 4.59. The van der Waals surface area contributed by atoms with Gasteiger partial charge in [0, 0.05) is 11.0 Å². The summed E-state index contributed by atoms with van der Waals surface area (Å²) in [4.78, 5) is 23.6. The molecule has 1 aliphatic heterocycles. The number of ether oxygens (including phenoxy) is 1. The van der Waals surface area contributed by atoms with Gasteiger partial charge in [0.2, 0.25) is 5.91 Å². The van der Waals surface area contributed by atoms with E-state index in [4.69, 9.17) is 10.5 Å². The van der Waals surface area contributed by atoms with Crippen LogP contribution in [0.3, 0.4) is 0 Å². The summed E-state index contributed by atoms with van der Waals surface area (Å²) >= 11 is 4.79. The standard InChI is InChI=1S/C12H15BrN2O3S/c1-6-5-19-10(9(6)13)12(17)15-4-7-2-3-8(18-7)11(14)16/h5,7-8H,2-4H2,1H3,(H2,14,16)(H,15,17). The van der Waals surface area contributed by atoms with Crippen molar-refractivity contribution in [2.24, 2.45) is 5.73 Å². The summed E-state index contributed by atoms with van der Waals surface area (Å²) in [6.45, 7) is 2.33. The lowest BCUT2D eigenvalue weighted by Gasteiger charge is -2.12. The number of hydrogen-bond donors (Lipinski definition) is 2. The second-order valence-electron chi connectivity index (χ2n) is 4.50. The molecule has 5 nitrogen and oxygen atoms in total. The number of nitrogens with one attached hydrogen (secondary N) is 1. The Morgan fingerprint density at radius 1 is 1.58 bits per heavy atom. The van der Waals surface area contributed by atoms with Crippen molar-refractivity contribution in [1.29, 1.82) is 0 Å². The molecule has 0 saturated carbocycles. The molecule has 1 aromatic heterocycles.